The van der Waals surface area contributed by atoms with Crippen LogP contribution in [0, 0.1) is 0 Å². The van der Waals surface area contributed by atoms with E-state index in [0.29, 0.717) is 5.82 Å². The van der Waals surface area contributed by atoms with E-state index in [0.717, 1.165) is 62.4 Å². The molecule has 12 aromatic rings. The maximum Gasteiger partial charge on any atom is 0.160 e. The van der Waals surface area contributed by atoms with Crippen LogP contribution in [0.1, 0.15) is 18.9 Å². The minimum absolute atomic E-state index is 0.196. The first-order chi connectivity index (χ1) is 34.0. The number of fused-ring (bicyclic) bond motifs is 6. The highest BCUT2D eigenvalue weighted by Crippen LogP contribution is 2.40. The van der Waals surface area contributed by atoms with Crippen LogP contribution in [-0.4, -0.2) is 19.1 Å². The van der Waals surface area contributed by atoms with Crippen LogP contribution in [0.2, 0.25) is 0 Å². The van der Waals surface area contributed by atoms with Gasteiger partial charge in [-0.3, -0.25) is 0 Å². The molecule has 3 heterocycles. The van der Waals surface area contributed by atoms with E-state index >= 15 is 0 Å². The molecule has 1 unspecified atom stereocenters. The normalized spacial score (nSPS) is 14.4. The molecule has 0 radical (unpaired) electrons. The third-order valence-corrected chi connectivity index (χ3v) is 14.1. The summed E-state index contributed by atoms with van der Waals surface area (Å²) in [5, 5.41) is 6.34. The second kappa shape index (κ2) is 16.5. The number of hydrogen-bond donors (Lipinski definition) is 0. The molecule has 3 aromatic heterocycles. The van der Waals surface area contributed by atoms with E-state index in [4.69, 9.17) is 9.97 Å². The van der Waals surface area contributed by atoms with Gasteiger partial charge in [-0.2, -0.15) is 0 Å². The predicted octanol–water partition coefficient (Wildman–Crippen LogP) is 14.8. The number of hydrogen-bond acceptors (Lipinski definition) is 2. The van der Waals surface area contributed by atoms with Gasteiger partial charge in [0.2, 0.25) is 0 Å². The molecular weight excluding hydrogens is 837 g/mol. The first-order valence-corrected chi connectivity index (χ1v) is 23.8. The van der Waals surface area contributed by atoms with Crippen molar-refractivity contribution in [2.24, 2.45) is 0 Å². The molecule has 0 N–H and O–H groups in total. The highest BCUT2D eigenvalue weighted by molar-refractivity contribution is 6.09. The Morgan fingerprint density at radius 3 is 1.54 bits per heavy atom. The first kappa shape index (κ1) is 40.4. The van der Waals surface area contributed by atoms with Gasteiger partial charge in [0.1, 0.15) is 0 Å². The van der Waals surface area contributed by atoms with E-state index in [1.807, 2.05) is 18.2 Å². The molecule has 326 valence electrons. The third-order valence-electron chi connectivity index (χ3n) is 14.1. The monoisotopic (exact) mass is 882 g/mol. The molecule has 4 heteroatoms. The molecule has 0 saturated heterocycles. The van der Waals surface area contributed by atoms with E-state index in [1.165, 1.54) is 54.5 Å². The Hall–Kier alpha value is -8.86. The van der Waals surface area contributed by atoms with Gasteiger partial charge in [0.15, 0.2) is 5.82 Å². The topological polar surface area (TPSA) is 35.6 Å². The SMILES string of the molecule is CC1(c2ccc3c(c2)c2ccccc2n3-c2ccc(-c3cc(-c4cc(-c5ccccc5)cc(-c5ccccc5)c4)nc(-c4ccccc4)n3)cc2)C=c2c(n(-c3ccccc3)c3ccccc23)=CC1. The van der Waals surface area contributed by atoms with Gasteiger partial charge >= 0.3 is 0 Å². The summed E-state index contributed by atoms with van der Waals surface area (Å²) in [5.74, 6) is 0.691. The Kier molecular flexibility index (Phi) is 9.65. The molecule has 1 aliphatic rings. The fourth-order valence-electron chi connectivity index (χ4n) is 10.6. The molecule has 0 fully saturated rings. The number of para-hydroxylation sites is 3. The van der Waals surface area contributed by atoms with E-state index in [-0.39, 0.29) is 5.41 Å². The van der Waals surface area contributed by atoms with Crippen LogP contribution in [0.4, 0.5) is 0 Å². The van der Waals surface area contributed by atoms with Crippen LogP contribution in [0.3, 0.4) is 0 Å². The molecule has 9 aromatic carbocycles. The van der Waals surface area contributed by atoms with Crippen molar-refractivity contribution in [1.82, 2.24) is 19.1 Å². The van der Waals surface area contributed by atoms with Gasteiger partial charge in [-0.1, -0.05) is 183 Å². The van der Waals surface area contributed by atoms with Crippen molar-refractivity contribution < 1.29 is 0 Å². The standard InChI is InChI=1S/C65H46N4/c1-65(37-36-63-57(43-65)55-27-15-17-29-61(55)68(63)52-24-12-5-13-25-52)51-32-35-62-56(41-51)54-26-14-16-28-60(54)69(62)53-33-30-46(31-34-53)58-42-59(67-64(66-58)47-22-10-4-11-23-47)50-39-48(44-18-6-2-7-19-44)38-49(40-50)45-20-8-3-9-21-45/h2-36,38-43H,37H2,1H3. The highest BCUT2D eigenvalue weighted by atomic mass is 15.0. The van der Waals surface area contributed by atoms with Gasteiger partial charge in [-0.15, -0.1) is 0 Å². The zero-order valence-corrected chi connectivity index (χ0v) is 38.2. The number of nitrogens with zero attached hydrogens (tertiary/aromatic N) is 4. The summed E-state index contributed by atoms with van der Waals surface area (Å²) >= 11 is 0. The number of benzene rings is 9. The summed E-state index contributed by atoms with van der Waals surface area (Å²) in [6.07, 6.45) is 5.87. The van der Waals surface area contributed by atoms with Crippen molar-refractivity contribution >= 4 is 44.9 Å². The molecule has 4 nitrogen and oxygen atoms in total. The van der Waals surface area contributed by atoms with Crippen molar-refractivity contribution in [2.45, 2.75) is 18.8 Å². The van der Waals surface area contributed by atoms with Gasteiger partial charge in [0.25, 0.3) is 0 Å². The lowest BCUT2D eigenvalue weighted by atomic mass is 9.76. The summed E-state index contributed by atoms with van der Waals surface area (Å²) in [4.78, 5) is 10.5. The summed E-state index contributed by atoms with van der Waals surface area (Å²) in [6.45, 7) is 2.39. The minimum Gasteiger partial charge on any atom is -0.310 e. The Morgan fingerprint density at radius 2 is 0.884 bits per heavy atom. The van der Waals surface area contributed by atoms with Crippen LogP contribution in [-0.2, 0) is 5.41 Å². The highest BCUT2D eigenvalue weighted by Gasteiger charge is 2.28. The molecule has 0 saturated carbocycles. The Balaban J connectivity index is 0.907. The smallest absolute Gasteiger partial charge is 0.160 e. The predicted molar refractivity (Wildman–Crippen MR) is 287 cm³/mol. The van der Waals surface area contributed by atoms with Crippen LogP contribution < -0.4 is 10.6 Å². The van der Waals surface area contributed by atoms with Crippen molar-refractivity contribution in [3.8, 4) is 67.5 Å². The Bertz CT molecular complexity index is 3960. The van der Waals surface area contributed by atoms with Gasteiger partial charge in [-0.25, -0.2) is 9.97 Å². The van der Waals surface area contributed by atoms with E-state index in [1.54, 1.807) is 0 Å². The fraction of sp³-hybridized carbons (Fsp3) is 0.0462. The van der Waals surface area contributed by atoms with Crippen LogP contribution in [0.15, 0.2) is 237 Å². The van der Waals surface area contributed by atoms with Gasteiger partial charge in [0.05, 0.1) is 27.9 Å². The molecule has 1 aliphatic carbocycles. The molecule has 0 aliphatic heterocycles. The lowest BCUT2D eigenvalue weighted by Gasteiger charge is -2.27. The summed E-state index contributed by atoms with van der Waals surface area (Å²) in [6, 6.07) is 84.8. The average molecular weight is 883 g/mol. The van der Waals surface area contributed by atoms with Crippen molar-refractivity contribution in [3.63, 3.8) is 0 Å². The number of rotatable bonds is 8. The van der Waals surface area contributed by atoms with E-state index in [9.17, 15) is 0 Å². The second-order valence-electron chi connectivity index (χ2n) is 18.4. The molecule has 0 spiro atoms. The Morgan fingerprint density at radius 1 is 0.377 bits per heavy atom. The van der Waals surface area contributed by atoms with Gasteiger partial charge < -0.3 is 9.13 Å². The Labute approximate surface area is 401 Å². The molecule has 1 atom stereocenters. The van der Waals surface area contributed by atoms with Crippen LogP contribution in [0.25, 0.3) is 112 Å². The van der Waals surface area contributed by atoms with Crippen LogP contribution >= 0.6 is 0 Å². The molecule has 13 rings (SSSR count). The zero-order valence-electron chi connectivity index (χ0n) is 38.2. The lowest BCUT2D eigenvalue weighted by molar-refractivity contribution is 0.652. The molecule has 69 heavy (non-hydrogen) atoms. The quantitative estimate of drug-likeness (QED) is 0.152. The fourth-order valence-corrected chi connectivity index (χ4v) is 10.6. The summed E-state index contributed by atoms with van der Waals surface area (Å²) in [5.41, 5.74) is 16.4. The average Bonchev–Trinajstić information content (AvgIpc) is 3.93. The first-order valence-electron chi connectivity index (χ1n) is 23.8. The summed E-state index contributed by atoms with van der Waals surface area (Å²) < 4.78 is 4.82. The molecule has 0 bridgehead atoms. The largest absolute Gasteiger partial charge is 0.310 e. The van der Waals surface area contributed by atoms with Gasteiger partial charge in [0, 0.05) is 60.2 Å². The minimum atomic E-state index is -0.196. The zero-order chi connectivity index (χ0) is 45.9. The van der Waals surface area contributed by atoms with Crippen LogP contribution in [0.5, 0.6) is 0 Å². The maximum absolute atomic E-state index is 5.26. The third kappa shape index (κ3) is 7.08. The van der Waals surface area contributed by atoms with Gasteiger partial charge in [-0.05, 0) is 107 Å². The summed E-state index contributed by atoms with van der Waals surface area (Å²) in [7, 11) is 0. The second-order valence-corrected chi connectivity index (χ2v) is 18.4. The molecular formula is C65H46N4. The maximum atomic E-state index is 5.26. The van der Waals surface area contributed by atoms with Crippen molar-refractivity contribution in [3.05, 3.63) is 253 Å². The van der Waals surface area contributed by atoms with Crippen molar-refractivity contribution in [1.29, 1.82) is 0 Å². The lowest BCUT2D eigenvalue weighted by Crippen LogP contribution is -2.36. The number of aromatic nitrogens is 4. The van der Waals surface area contributed by atoms with E-state index in [2.05, 4.69) is 247 Å². The van der Waals surface area contributed by atoms with Crippen molar-refractivity contribution in [2.75, 3.05) is 0 Å². The van der Waals surface area contributed by atoms with E-state index < -0.39 is 0 Å². The molecule has 0 amide bonds.